The van der Waals surface area contributed by atoms with Gasteiger partial charge in [0.05, 0.1) is 23.3 Å². The lowest BCUT2D eigenvalue weighted by molar-refractivity contribution is 0.146. The Kier molecular flexibility index (Phi) is 5.82. The summed E-state index contributed by atoms with van der Waals surface area (Å²) in [6.45, 7) is 7.56. The van der Waals surface area contributed by atoms with E-state index in [9.17, 15) is 13.2 Å². The standard InChI is InChI=1S/C24H27F3N6/c1-14(17-6-3-7-18(22(17)25)23(26)27)29-24-19-11-21(28-12-20(19)30-15(2)31-24)33-10-9-32-8-4-5-16(32)13-33/h3,6-7,11-12,14,16,23H,4-5,8-10,13H2,1-2H3,(H,29,30,31)/t14?,16-/m1/s1. The molecule has 5 rings (SSSR count). The van der Waals surface area contributed by atoms with Gasteiger partial charge in [-0.1, -0.05) is 18.2 Å². The number of hydrogen-bond donors (Lipinski definition) is 1. The van der Waals surface area contributed by atoms with Gasteiger partial charge in [0, 0.05) is 36.6 Å². The van der Waals surface area contributed by atoms with Crippen molar-refractivity contribution < 1.29 is 13.2 Å². The lowest BCUT2D eigenvalue weighted by Gasteiger charge is -2.38. The Hall–Kier alpha value is -2.94. The maximum Gasteiger partial charge on any atom is 0.266 e. The maximum atomic E-state index is 14.7. The molecule has 2 aromatic heterocycles. The summed E-state index contributed by atoms with van der Waals surface area (Å²) in [5.41, 5.74) is 0.258. The number of rotatable bonds is 5. The number of anilines is 2. The van der Waals surface area contributed by atoms with Gasteiger partial charge >= 0.3 is 0 Å². The first-order valence-corrected chi connectivity index (χ1v) is 11.4. The highest BCUT2D eigenvalue weighted by Crippen LogP contribution is 2.32. The molecule has 0 amide bonds. The first kappa shape index (κ1) is 21.9. The van der Waals surface area contributed by atoms with Gasteiger partial charge in [-0.15, -0.1) is 0 Å². The molecule has 1 N–H and O–H groups in total. The van der Waals surface area contributed by atoms with Gasteiger partial charge in [0.2, 0.25) is 0 Å². The van der Waals surface area contributed by atoms with Gasteiger partial charge in [-0.3, -0.25) is 4.90 Å². The van der Waals surface area contributed by atoms with E-state index in [2.05, 4.69) is 30.1 Å². The summed E-state index contributed by atoms with van der Waals surface area (Å²) in [4.78, 5) is 18.5. The van der Waals surface area contributed by atoms with E-state index >= 15 is 0 Å². The zero-order valence-electron chi connectivity index (χ0n) is 18.7. The minimum Gasteiger partial charge on any atom is -0.363 e. The Labute approximate surface area is 190 Å². The number of benzene rings is 1. The fourth-order valence-corrected chi connectivity index (χ4v) is 4.97. The van der Waals surface area contributed by atoms with Crippen molar-refractivity contribution in [2.24, 2.45) is 0 Å². The molecule has 0 radical (unpaired) electrons. The molecule has 33 heavy (non-hydrogen) atoms. The molecule has 174 valence electrons. The Morgan fingerprint density at radius 1 is 1.12 bits per heavy atom. The third-order valence-electron chi connectivity index (χ3n) is 6.70. The highest BCUT2D eigenvalue weighted by atomic mass is 19.3. The maximum absolute atomic E-state index is 14.7. The number of halogens is 3. The number of pyridine rings is 1. The molecule has 2 aliphatic rings. The zero-order valence-corrected chi connectivity index (χ0v) is 18.7. The van der Waals surface area contributed by atoms with Crippen LogP contribution in [0.15, 0.2) is 30.5 Å². The number of hydrogen-bond acceptors (Lipinski definition) is 6. The van der Waals surface area contributed by atoms with Gasteiger partial charge in [-0.25, -0.2) is 28.1 Å². The summed E-state index contributed by atoms with van der Waals surface area (Å²) >= 11 is 0. The minimum absolute atomic E-state index is 0.170. The number of fused-ring (bicyclic) bond motifs is 2. The van der Waals surface area contributed by atoms with E-state index < -0.39 is 23.8 Å². The molecular formula is C24H27F3N6. The monoisotopic (exact) mass is 456 g/mol. The van der Waals surface area contributed by atoms with Crippen LogP contribution in [-0.2, 0) is 0 Å². The van der Waals surface area contributed by atoms with Crippen LogP contribution in [-0.4, -0.2) is 52.1 Å². The summed E-state index contributed by atoms with van der Waals surface area (Å²) in [6, 6.07) is 6.05. The number of nitrogens with one attached hydrogen (secondary N) is 1. The van der Waals surface area contributed by atoms with Crippen molar-refractivity contribution in [1.29, 1.82) is 0 Å². The van der Waals surface area contributed by atoms with Crippen molar-refractivity contribution in [1.82, 2.24) is 19.9 Å². The largest absolute Gasteiger partial charge is 0.363 e. The number of nitrogens with zero attached hydrogens (tertiary/aromatic N) is 5. The molecule has 1 unspecified atom stereocenters. The van der Waals surface area contributed by atoms with Gasteiger partial charge in [0.1, 0.15) is 23.3 Å². The molecule has 0 spiro atoms. The number of piperazine rings is 1. The third kappa shape index (κ3) is 4.21. The smallest absolute Gasteiger partial charge is 0.266 e. The fourth-order valence-electron chi connectivity index (χ4n) is 4.97. The van der Waals surface area contributed by atoms with Crippen molar-refractivity contribution in [3.63, 3.8) is 0 Å². The second kappa shape index (κ2) is 8.78. The molecule has 1 aromatic carbocycles. The molecule has 2 aliphatic heterocycles. The molecule has 0 saturated carbocycles. The van der Waals surface area contributed by atoms with Crippen LogP contribution < -0.4 is 10.2 Å². The van der Waals surface area contributed by atoms with Crippen LogP contribution in [0.5, 0.6) is 0 Å². The normalized spacial score (nSPS) is 19.8. The van der Waals surface area contributed by atoms with Crippen molar-refractivity contribution in [3.8, 4) is 0 Å². The highest BCUT2D eigenvalue weighted by Gasteiger charge is 2.31. The summed E-state index contributed by atoms with van der Waals surface area (Å²) in [7, 11) is 0. The van der Waals surface area contributed by atoms with Crippen LogP contribution in [0.1, 0.15) is 49.2 Å². The van der Waals surface area contributed by atoms with Crippen LogP contribution in [0.4, 0.5) is 24.8 Å². The first-order chi connectivity index (χ1) is 15.9. The van der Waals surface area contributed by atoms with Crippen molar-refractivity contribution >= 4 is 22.5 Å². The quantitative estimate of drug-likeness (QED) is 0.591. The van der Waals surface area contributed by atoms with E-state index in [0.29, 0.717) is 23.2 Å². The Morgan fingerprint density at radius 2 is 1.94 bits per heavy atom. The average molecular weight is 457 g/mol. The van der Waals surface area contributed by atoms with E-state index in [1.165, 1.54) is 31.5 Å². The molecular weight excluding hydrogens is 429 g/mol. The molecule has 2 saturated heterocycles. The molecule has 6 nitrogen and oxygen atoms in total. The second-order valence-corrected chi connectivity index (χ2v) is 8.87. The van der Waals surface area contributed by atoms with E-state index in [0.717, 1.165) is 36.9 Å². The highest BCUT2D eigenvalue weighted by molar-refractivity contribution is 5.90. The minimum atomic E-state index is -2.87. The van der Waals surface area contributed by atoms with Crippen LogP contribution in [0.25, 0.3) is 10.9 Å². The summed E-state index contributed by atoms with van der Waals surface area (Å²) in [5.74, 6) is 1.06. The van der Waals surface area contributed by atoms with Gasteiger partial charge < -0.3 is 10.2 Å². The van der Waals surface area contributed by atoms with Crippen LogP contribution in [0.3, 0.4) is 0 Å². The van der Waals surface area contributed by atoms with Crippen LogP contribution >= 0.6 is 0 Å². The molecule has 9 heteroatoms. The molecule has 0 bridgehead atoms. The van der Waals surface area contributed by atoms with Gasteiger partial charge in [-0.2, -0.15) is 0 Å². The average Bonchev–Trinajstić information content (AvgIpc) is 3.26. The lowest BCUT2D eigenvalue weighted by Crippen LogP contribution is -2.50. The first-order valence-electron chi connectivity index (χ1n) is 11.4. The Bertz CT molecular complexity index is 1170. The van der Waals surface area contributed by atoms with Crippen LogP contribution in [0, 0.1) is 12.7 Å². The van der Waals surface area contributed by atoms with Gasteiger partial charge in [-0.05, 0) is 39.3 Å². The van der Waals surface area contributed by atoms with Crippen molar-refractivity contribution in [2.45, 2.75) is 45.2 Å². The van der Waals surface area contributed by atoms with Gasteiger partial charge in [0.15, 0.2) is 0 Å². The van der Waals surface area contributed by atoms with Crippen molar-refractivity contribution in [2.75, 3.05) is 36.4 Å². The molecule has 2 fully saturated rings. The Balaban J connectivity index is 1.46. The summed E-state index contributed by atoms with van der Waals surface area (Å²) in [6.07, 6.45) is 1.33. The van der Waals surface area contributed by atoms with Gasteiger partial charge in [0.25, 0.3) is 6.43 Å². The predicted molar refractivity (Wildman–Crippen MR) is 122 cm³/mol. The summed E-state index contributed by atoms with van der Waals surface area (Å²) in [5, 5.41) is 4.00. The topological polar surface area (TPSA) is 57.2 Å². The fraction of sp³-hybridized carbons (Fsp3) is 0.458. The molecule has 0 aliphatic carbocycles. The zero-order chi connectivity index (χ0) is 23.1. The van der Waals surface area contributed by atoms with Crippen molar-refractivity contribution in [3.05, 3.63) is 53.2 Å². The second-order valence-electron chi connectivity index (χ2n) is 8.87. The SMILES string of the molecule is Cc1nc(NC(C)c2cccc(C(F)F)c2F)c2cc(N3CCN4CCC[C@@H]4C3)ncc2n1. The lowest BCUT2D eigenvalue weighted by atomic mass is 10.0. The number of alkyl halides is 2. The van der Waals surface area contributed by atoms with Crippen LogP contribution in [0.2, 0.25) is 0 Å². The van der Waals surface area contributed by atoms with E-state index in [1.54, 1.807) is 20.0 Å². The Morgan fingerprint density at radius 3 is 2.76 bits per heavy atom. The van der Waals surface area contributed by atoms with E-state index in [-0.39, 0.29) is 5.56 Å². The third-order valence-corrected chi connectivity index (χ3v) is 6.70. The van der Waals surface area contributed by atoms with E-state index in [1.807, 2.05) is 6.07 Å². The molecule has 3 aromatic rings. The summed E-state index contributed by atoms with van der Waals surface area (Å²) < 4.78 is 41.0. The predicted octanol–water partition coefficient (Wildman–Crippen LogP) is 4.87. The molecule has 4 heterocycles. The number of aromatic nitrogens is 3. The van der Waals surface area contributed by atoms with E-state index in [4.69, 9.17) is 0 Å². The number of aryl methyl sites for hydroxylation is 1. The molecule has 2 atom stereocenters.